The first-order valence-electron chi connectivity index (χ1n) is 4.23. The summed E-state index contributed by atoms with van der Waals surface area (Å²) < 4.78 is 0. The Bertz CT molecular complexity index is 356. The van der Waals surface area contributed by atoms with Gasteiger partial charge in [0.25, 0.3) is 0 Å². The number of nitrogens with zero attached hydrogens (tertiary/aromatic N) is 2. The van der Waals surface area contributed by atoms with Gasteiger partial charge in [0.05, 0.1) is 12.1 Å². The van der Waals surface area contributed by atoms with Gasteiger partial charge < -0.3 is 0 Å². The van der Waals surface area contributed by atoms with Crippen molar-refractivity contribution >= 4 is 15.9 Å². The smallest absolute Gasteiger partial charge is 0.137 e. The quantitative estimate of drug-likeness (QED) is 0.773. The standard InChI is InChI=1S/C11H9BrN2/c12-6-10-3-1-9(2-4-10)5-11(7-13)8-14/h1-4,11H,5-6H2. The van der Waals surface area contributed by atoms with Crippen LogP contribution in [0.5, 0.6) is 0 Å². The lowest BCUT2D eigenvalue weighted by atomic mass is 10.0. The van der Waals surface area contributed by atoms with Crippen LogP contribution in [0.15, 0.2) is 24.3 Å². The molecule has 1 rings (SSSR count). The van der Waals surface area contributed by atoms with Crippen molar-refractivity contribution in [3.05, 3.63) is 35.4 Å². The van der Waals surface area contributed by atoms with Crippen molar-refractivity contribution in [2.45, 2.75) is 11.8 Å². The molecule has 0 aliphatic carbocycles. The summed E-state index contributed by atoms with van der Waals surface area (Å²) in [7, 11) is 0. The maximum atomic E-state index is 8.61. The van der Waals surface area contributed by atoms with Gasteiger partial charge in [-0.05, 0) is 11.1 Å². The molecule has 1 aromatic carbocycles. The van der Waals surface area contributed by atoms with Crippen molar-refractivity contribution in [2.24, 2.45) is 5.92 Å². The third-order valence-corrected chi connectivity index (χ3v) is 2.58. The topological polar surface area (TPSA) is 47.6 Å². The highest BCUT2D eigenvalue weighted by Crippen LogP contribution is 2.11. The van der Waals surface area contributed by atoms with Crippen molar-refractivity contribution in [3.8, 4) is 12.1 Å². The van der Waals surface area contributed by atoms with Crippen LogP contribution in [0.3, 0.4) is 0 Å². The van der Waals surface area contributed by atoms with E-state index in [4.69, 9.17) is 10.5 Å². The van der Waals surface area contributed by atoms with E-state index in [1.807, 2.05) is 36.4 Å². The summed E-state index contributed by atoms with van der Waals surface area (Å²) in [6.45, 7) is 0. The van der Waals surface area contributed by atoms with Gasteiger partial charge in [0, 0.05) is 11.8 Å². The van der Waals surface area contributed by atoms with Crippen molar-refractivity contribution < 1.29 is 0 Å². The molecule has 0 aromatic heterocycles. The van der Waals surface area contributed by atoms with Crippen LogP contribution < -0.4 is 0 Å². The van der Waals surface area contributed by atoms with E-state index in [2.05, 4.69) is 15.9 Å². The first-order valence-corrected chi connectivity index (χ1v) is 5.35. The third-order valence-electron chi connectivity index (χ3n) is 1.93. The lowest BCUT2D eigenvalue weighted by Gasteiger charge is -2.01. The predicted octanol–water partition coefficient (Wildman–Crippen LogP) is 2.79. The Morgan fingerprint density at radius 1 is 1.07 bits per heavy atom. The number of benzene rings is 1. The van der Waals surface area contributed by atoms with E-state index in [1.165, 1.54) is 5.56 Å². The van der Waals surface area contributed by atoms with Crippen molar-refractivity contribution in [2.75, 3.05) is 0 Å². The molecule has 1 aromatic rings. The molecule has 0 unspecified atom stereocenters. The monoisotopic (exact) mass is 248 g/mol. The zero-order valence-electron chi connectivity index (χ0n) is 7.57. The molecule has 0 amide bonds. The summed E-state index contributed by atoms with van der Waals surface area (Å²) in [6.07, 6.45) is 0.509. The van der Waals surface area contributed by atoms with Crippen LogP contribution in [-0.4, -0.2) is 0 Å². The second kappa shape index (κ2) is 5.42. The number of alkyl halides is 1. The van der Waals surface area contributed by atoms with Crippen molar-refractivity contribution in [1.29, 1.82) is 10.5 Å². The van der Waals surface area contributed by atoms with Crippen LogP contribution in [-0.2, 0) is 11.8 Å². The lowest BCUT2D eigenvalue weighted by molar-refractivity contribution is 0.833. The zero-order chi connectivity index (χ0) is 10.4. The second-order valence-electron chi connectivity index (χ2n) is 2.97. The molecule has 3 heteroatoms. The van der Waals surface area contributed by atoms with Gasteiger partial charge in [-0.3, -0.25) is 0 Å². The highest BCUT2D eigenvalue weighted by atomic mass is 79.9. The van der Waals surface area contributed by atoms with Gasteiger partial charge in [0.15, 0.2) is 0 Å². The van der Waals surface area contributed by atoms with Crippen LogP contribution in [0.25, 0.3) is 0 Å². The SMILES string of the molecule is N#CC(C#N)Cc1ccc(CBr)cc1. The van der Waals surface area contributed by atoms with E-state index in [0.29, 0.717) is 6.42 Å². The van der Waals surface area contributed by atoms with E-state index >= 15 is 0 Å². The fraction of sp³-hybridized carbons (Fsp3) is 0.273. The Labute approximate surface area is 91.9 Å². The van der Waals surface area contributed by atoms with E-state index < -0.39 is 5.92 Å². The number of hydrogen-bond acceptors (Lipinski definition) is 2. The molecule has 0 saturated carbocycles. The Morgan fingerprint density at radius 3 is 2.00 bits per heavy atom. The van der Waals surface area contributed by atoms with Crippen LogP contribution in [0.2, 0.25) is 0 Å². The molecule has 70 valence electrons. The van der Waals surface area contributed by atoms with Crippen LogP contribution in [0.4, 0.5) is 0 Å². The van der Waals surface area contributed by atoms with E-state index in [9.17, 15) is 0 Å². The normalized spacial score (nSPS) is 9.43. The minimum Gasteiger partial charge on any atom is -0.197 e. The summed E-state index contributed by atoms with van der Waals surface area (Å²) in [4.78, 5) is 0. The van der Waals surface area contributed by atoms with Crippen LogP contribution in [0, 0.1) is 28.6 Å². The lowest BCUT2D eigenvalue weighted by Crippen LogP contribution is -1.98. The minimum atomic E-state index is -0.537. The van der Waals surface area contributed by atoms with E-state index in [1.54, 1.807) is 0 Å². The van der Waals surface area contributed by atoms with E-state index in [-0.39, 0.29) is 0 Å². The number of halogens is 1. The molecule has 0 fully saturated rings. The Hall–Kier alpha value is -1.32. The highest BCUT2D eigenvalue weighted by molar-refractivity contribution is 9.08. The summed E-state index contributed by atoms with van der Waals surface area (Å²) in [5, 5.41) is 18.0. The fourth-order valence-electron chi connectivity index (χ4n) is 1.12. The first-order chi connectivity index (χ1) is 6.80. The highest BCUT2D eigenvalue weighted by Gasteiger charge is 2.05. The van der Waals surface area contributed by atoms with Gasteiger partial charge in [-0.2, -0.15) is 10.5 Å². The number of hydrogen-bond donors (Lipinski definition) is 0. The van der Waals surface area contributed by atoms with E-state index in [0.717, 1.165) is 10.9 Å². The van der Waals surface area contributed by atoms with Gasteiger partial charge >= 0.3 is 0 Å². The van der Waals surface area contributed by atoms with Crippen LogP contribution >= 0.6 is 15.9 Å². The fourth-order valence-corrected chi connectivity index (χ4v) is 1.49. The molecule has 0 heterocycles. The Balaban J connectivity index is 2.70. The molecule has 2 nitrogen and oxygen atoms in total. The molecule has 14 heavy (non-hydrogen) atoms. The average Bonchev–Trinajstić information content (AvgIpc) is 2.26. The summed E-state index contributed by atoms with van der Waals surface area (Å²) >= 11 is 3.36. The number of rotatable bonds is 3. The molecule has 0 radical (unpaired) electrons. The van der Waals surface area contributed by atoms with Gasteiger partial charge in [0.1, 0.15) is 5.92 Å². The molecular weight excluding hydrogens is 240 g/mol. The maximum absolute atomic E-state index is 8.61. The molecule has 0 spiro atoms. The van der Waals surface area contributed by atoms with Crippen LogP contribution in [0.1, 0.15) is 11.1 Å². The van der Waals surface area contributed by atoms with Crippen molar-refractivity contribution in [3.63, 3.8) is 0 Å². The molecular formula is C11H9BrN2. The maximum Gasteiger partial charge on any atom is 0.137 e. The third kappa shape index (κ3) is 2.87. The minimum absolute atomic E-state index is 0.509. The summed E-state index contributed by atoms with van der Waals surface area (Å²) in [5.41, 5.74) is 2.22. The van der Waals surface area contributed by atoms with Gasteiger partial charge in [0.2, 0.25) is 0 Å². The van der Waals surface area contributed by atoms with Crippen molar-refractivity contribution in [1.82, 2.24) is 0 Å². The summed E-state index contributed by atoms with van der Waals surface area (Å²) in [6, 6.07) is 11.8. The molecule has 0 atom stereocenters. The average molecular weight is 249 g/mol. The molecule has 0 N–H and O–H groups in total. The van der Waals surface area contributed by atoms with Gasteiger partial charge in [-0.1, -0.05) is 40.2 Å². The molecule has 0 aliphatic heterocycles. The van der Waals surface area contributed by atoms with Gasteiger partial charge in [-0.25, -0.2) is 0 Å². The first kappa shape index (κ1) is 10.8. The Morgan fingerprint density at radius 2 is 1.57 bits per heavy atom. The molecule has 0 aliphatic rings. The number of nitriles is 2. The second-order valence-corrected chi connectivity index (χ2v) is 3.53. The molecule has 0 saturated heterocycles. The molecule has 0 bridgehead atoms. The zero-order valence-corrected chi connectivity index (χ0v) is 9.16. The summed E-state index contributed by atoms with van der Waals surface area (Å²) in [5.74, 6) is -0.537. The largest absolute Gasteiger partial charge is 0.197 e. The predicted molar refractivity (Wildman–Crippen MR) is 57.5 cm³/mol. The van der Waals surface area contributed by atoms with Gasteiger partial charge in [-0.15, -0.1) is 0 Å². The Kier molecular flexibility index (Phi) is 4.16.